The lowest BCUT2D eigenvalue weighted by Crippen LogP contribution is -2.35. The molecule has 0 aromatic carbocycles. The summed E-state index contributed by atoms with van der Waals surface area (Å²) in [4.78, 5) is 12.0. The number of rotatable bonds is 6. The van der Waals surface area contributed by atoms with Crippen LogP contribution < -0.4 is 0 Å². The summed E-state index contributed by atoms with van der Waals surface area (Å²) in [6.45, 7) is 1.31. The highest BCUT2D eigenvalue weighted by Crippen LogP contribution is 2.16. The highest BCUT2D eigenvalue weighted by atomic mass is 19.4. The number of hydrogen-bond donors (Lipinski definition) is 0. The summed E-state index contributed by atoms with van der Waals surface area (Å²) in [5.41, 5.74) is 0. The van der Waals surface area contributed by atoms with E-state index in [1.165, 1.54) is 12.0 Å². The number of esters is 1. The Balaban J connectivity index is 3.76. The monoisotopic (exact) mass is 227 g/mol. The van der Waals surface area contributed by atoms with Crippen molar-refractivity contribution in [1.29, 1.82) is 0 Å². The molecule has 15 heavy (non-hydrogen) atoms. The zero-order chi connectivity index (χ0) is 11.9. The molecular formula is C9H16F3NO2. The van der Waals surface area contributed by atoms with Crippen molar-refractivity contribution in [2.24, 2.45) is 0 Å². The van der Waals surface area contributed by atoms with E-state index in [9.17, 15) is 18.0 Å². The number of nitrogens with zero attached hydrogens (tertiary/aromatic N) is 1. The van der Waals surface area contributed by atoms with E-state index in [1.54, 1.807) is 6.92 Å². The minimum absolute atomic E-state index is 0.158. The molecule has 0 rings (SSSR count). The third-order valence-corrected chi connectivity index (χ3v) is 1.93. The second-order valence-electron chi connectivity index (χ2n) is 3.16. The molecule has 0 atom stereocenters. The van der Waals surface area contributed by atoms with Crippen LogP contribution in [0.5, 0.6) is 0 Å². The summed E-state index contributed by atoms with van der Waals surface area (Å²) in [5.74, 6) is -0.391. The van der Waals surface area contributed by atoms with Crippen molar-refractivity contribution >= 4 is 5.97 Å². The van der Waals surface area contributed by atoms with E-state index >= 15 is 0 Å². The fraction of sp³-hybridized carbons (Fsp3) is 0.889. The molecule has 0 aliphatic rings. The average molecular weight is 227 g/mol. The molecule has 90 valence electrons. The smallest absolute Gasteiger partial charge is 0.401 e. The summed E-state index contributed by atoms with van der Waals surface area (Å²) in [6.07, 6.45) is -3.64. The van der Waals surface area contributed by atoms with Crippen LogP contribution >= 0.6 is 0 Å². The minimum atomic E-state index is -4.18. The fourth-order valence-electron chi connectivity index (χ4n) is 1.15. The van der Waals surface area contributed by atoms with Crippen LogP contribution in [0.4, 0.5) is 13.2 Å². The molecule has 0 aromatic rings. The molecule has 6 heteroatoms. The van der Waals surface area contributed by atoms with E-state index < -0.39 is 18.7 Å². The van der Waals surface area contributed by atoms with Gasteiger partial charge in [-0.3, -0.25) is 9.69 Å². The van der Waals surface area contributed by atoms with Crippen LogP contribution in [0.15, 0.2) is 0 Å². The summed E-state index contributed by atoms with van der Waals surface area (Å²) in [7, 11) is 1.26. The van der Waals surface area contributed by atoms with E-state index in [0.717, 1.165) is 0 Å². The molecule has 0 bridgehead atoms. The Morgan fingerprint density at radius 3 is 2.40 bits per heavy atom. The van der Waals surface area contributed by atoms with Crippen LogP contribution in [0, 0.1) is 0 Å². The normalized spacial score (nSPS) is 11.9. The summed E-state index contributed by atoms with van der Waals surface area (Å²) in [6, 6.07) is 0. The van der Waals surface area contributed by atoms with Gasteiger partial charge in [0.15, 0.2) is 0 Å². The topological polar surface area (TPSA) is 29.5 Å². The van der Waals surface area contributed by atoms with Crippen LogP contribution in [0.2, 0.25) is 0 Å². The van der Waals surface area contributed by atoms with E-state index in [0.29, 0.717) is 13.0 Å². The number of alkyl halides is 3. The predicted molar refractivity (Wildman–Crippen MR) is 49.4 cm³/mol. The standard InChI is InChI=1S/C9H16F3NO2/c1-3-13(7-9(10,11)12)6-4-5-8(14)15-2/h3-7H2,1-2H3. The molecule has 0 N–H and O–H groups in total. The Bertz CT molecular complexity index is 194. The molecule has 0 saturated heterocycles. The van der Waals surface area contributed by atoms with Crippen molar-refractivity contribution in [3.8, 4) is 0 Å². The van der Waals surface area contributed by atoms with E-state index in [-0.39, 0.29) is 13.0 Å². The van der Waals surface area contributed by atoms with Gasteiger partial charge in [0.05, 0.1) is 13.7 Å². The van der Waals surface area contributed by atoms with Gasteiger partial charge >= 0.3 is 12.1 Å². The number of hydrogen-bond acceptors (Lipinski definition) is 3. The lowest BCUT2D eigenvalue weighted by Gasteiger charge is -2.21. The quantitative estimate of drug-likeness (QED) is 0.648. The molecule has 0 spiro atoms. The van der Waals surface area contributed by atoms with Gasteiger partial charge in [0.25, 0.3) is 0 Å². The van der Waals surface area contributed by atoms with Crippen LogP contribution in [0.3, 0.4) is 0 Å². The number of halogens is 3. The first kappa shape index (κ1) is 14.2. The maximum atomic E-state index is 12.0. The van der Waals surface area contributed by atoms with Crippen molar-refractivity contribution in [3.05, 3.63) is 0 Å². The Labute approximate surface area is 87.2 Å². The second kappa shape index (κ2) is 6.66. The van der Waals surface area contributed by atoms with Crippen LogP contribution in [-0.2, 0) is 9.53 Å². The van der Waals surface area contributed by atoms with Gasteiger partial charge in [-0.1, -0.05) is 6.92 Å². The molecule has 0 unspecified atom stereocenters. The van der Waals surface area contributed by atoms with Gasteiger partial charge in [-0.15, -0.1) is 0 Å². The first-order valence-electron chi connectivity index (χ1n) is 4.75. The molecule has 0 saturated carbocycles. The van der Waals surface area contributed by atoms with Gasteiger partial charge in [-0.25, -0.2) is 0 Å². The molecule has 0 aliphatic carbocycles. The minimum Gasteiger partial charge on any atom is -0.469 e. The van der Waals surface area contributed by atoms with Crippen molar-refractivity contribution < 1.29 is 22.7 Å². The molecule has 0 aliphatic heterocycles. The third-order valence-electron chi connectivity index (χ3n) is 1.93. The second-order valence-corrected chi connectivity index (χ2v) is 3.16. The lowest BCUT2D eigenvalue weighted by molar-refractivity contribution is -0.146. The average Bonchev–Trinajstić information content (AvgIpc) is 2.14. The zero-order valence-corrected chi connectivity index (χ0v) is 8.93. The fourth-order valence-corrected chi connectivity index (χ4v) is 1.15. The first-order valence-corrected chi connectivity index (χ1v) is 4.75. The van der Waals surface area contributed by atoms with Crippen molar-refractivity contribution in [2.45, 2.75) is 25.9 Å². The SMILES string of the molecule is CCN(CCCC(=O)OC)CC(F)(F)F. The molecular weight excluding hydrogens is 211 g/mol. The van der Waals surface area contributed by atoms with E-state index in [1.807, 2.05) is 0 Å². The highest BCUT2D eigenvalue weighted by Gasteiger charge is 2.29. The molecule has 3 nitrogen and oxygen atoms in total. The van der Waals surface area contributed by atoms with Gasteiger partial charge in [0, 0.05) is 6.42 Å². The van der Waals surface area contributed by atoms with E-state index in [4.69, 9.17) is 0 Å². The van der Waals surface area contributed by atoms with Gasteiger partial charge in [-0.2, -0.15) is 13.2 Å². The van der Waals surface area contributed by atoms with Gasteiger partial charge in [0.1, 0.15) is 0 Å². The predicted octanol–water partition coefficient (Wildman–Crippen LogP) is 1.82. The Morgan fingerprint density at radius 1 is 1.40 bits per heavy atom. The first-order chi connectivity index (χ1) is 6.89. The van der Waals surface area contributed by atoms with Crippen molar-refractivity contribution in [1.82, 2.24) is 4.90 Å². The highest BCUT2D eigenvalue weighted by molar-refractivity contribution is 5.69. The maximum absolute atomic E-state index is 12.0. The molecule has 0 aromatic heterocycles. The molecule has 0 amide bonds. The molecule has 0 radical (unpaired) electrons. The van der Waals surface area contributed by atoms with Gasteiger partial charge in [-0.05, 0) is 19.5 Å². The maximum Gasteiger partial charge on any atom is 0.401 e. The Morgan fingerprint density at radius 2 is 2.00 bits per heavy atom. The summed E-state index contributed by atoms with van der Waals surface area (Å²) in [5, 5.41) is 0. The van der Waals surface area contributed by atoms with Gasteiger partial charge < -0.3 is 4.74 Å². The van der Waals surface area contributed by atoms with Crippen molar-refractivity contribution in [2.75, 3.05) is 26.7 Å². The van der Waals surface area contributed by atoms with Gasteiger partial charge in [0.2, 0.25) is 0 Å². The summed E-state index contributed by atoms with van der Waals surface area (Å²) >= 11 is 0. The van der Waals surface area contributed by atoms with Crippen LogP contribution in [-0.4, -0.2) is 43.8 Å². The lowest BCUT2D eigenvalue weighted by atomic mass is 10.3. The largest absolute Gasteiger partial charge is 0.469 e. The number of methoxy groups -OCH3 is 1. The van der Waals surface area contributed by atoms with Crippen LogP contribution in [0.25, 0.3) is 0 Å². The number of carbonyl (C=O) groups excluding carboxylic acids is 1. The molecule has 0 heterocycles. The van der Waals surface area contributed by atoms with Crippen LogP contribution in [0.1, 0.15) is 19.8 Å². The van der Waals surface area contributed by atoms with E-state index in [2.05, 4.69) is 4.74 Å². The number of carbonyl (C=O) groups is 1. The number of ether oxygens (including phenoxy) is 1. The van der Waals surface area contributed by atoms with Crippen molar-refractivity contribution in [3.63, 3.8) is 0 Å². The Hall–Kier alpha value is -0.780. The Kier molecular flexibility index (Phi) is 6.31. The third kappa shape index (κ3) is 8.23. The summed E-state index contributed by atoms with van der Waals surface area (Å²) < 4.78 is 40.4. The zero-order valence-electron chi connectivity index (χ0n) is 8.93. The molecule has 0 fully saturated rings.